The second-order valence-corrected chi connectivity index (χ2v) is 5.75. The molecule has 0 spiro atoms. The largest absolute Gasteiger partial charge is 0.313 e. The summed E-state index contributed by atoms with van der Waals surface area (Å²) in [6.45, 7) is 4.24. The van der Waals surface area contributed by atoms with E-state index in [0.29, 0.717) is 6.04 Å². The third-order valence-corrected chi connectivity index (χ3v) is 4.39. The Kier molecular flexibility index (Phi) is 4.50. The van der Waals surface area contributed by atoms with Crippen molar-refractivity contribution in [3.8, 4) is 0 Å². The third kappa shape index (κ3) is 3.18. The molecule has 2 aromatic heterocycles. The van der Waals surface area contributed by atoms with Crippen molar-refractivity contribution in [2.45, 2.75) is 32.7 Å². The SMILES string of the molecule is CCc1ccc(CC(NC)c2ccnc(C)c2)s1. The Hall–Kier alpha value is -1.19. The van der Waals surface area contributed by atoms with E-state index < -0.39 is 0 Å². The molecular weight excluding hydrogens is 240 g/mol. The predicted molar refractivity (Wildman–Crippen MR) is 78.2 cm³/mol. The minimum absolute atomic E-state index is 0.370. The molecule has 0 aliphatic heterocycles. The molecule has 0 bridgehead atoms. The zero-order valence-electron chi connectivity index (χ0n) is 11.2. The average Bonchev–Trinajstić information content (AvgIpc) is 2.83. The molecule has 0 aromatic carbocycles. The van der Waals surface area contributed by atoms with E-state index >= 15 is 0 Å². The lowest BCUT2D eigenvalue weighted by Crippen LogP contribution is -2.18. The molecule has 2 nitrogen and oxygen atoms in total. The van der Waals surface area contributed by atoms with Gasteiger partial charge in [0.2, 0.25) is 0 Å². The summed E-state index contributed by atoms with van der Waals surface area (Å²) in [6, 6.07) is 9.12. The lowest BCUT2D eigenvalue weighted by molar-refractivity contribution is 0.595. The molecule has 0 radical (unpaired) electrons. The number of pyridine rings is 1. The molecule has 0 aliphatic rings. The van der Waals surface area contributed by atoms with Gasteiger partial charge in [0, 0.05) is 34.1 Å². The fraction of sp³-hybridized carbons (Fsp3) is 0.400. The highest BCUT2D eigenvalue weighted by Crippen LogP contribution is 2.24. The molecule has 18 heavy (non-hydrogen) atoms. The van der Waals surface area contributed by atoms with Gasteiger partial charge in [0.1, 0.15) is 0 Å². The Morgan fingerprint density at radius 3 is 2.67 bits per heavy atom. The normalized spacial score (nSPS) is 12.6. The van der Waals surface area contributed by atoms with Crippen molar-refractivity contribution < 1.29 is 0 Å². The second kappa shape index (κ2) is 6.12. The second-order valence-electron chi connectivity index (χ2n) is 4.50. The molecule has 2 heterocycles. The Balaban J connectivity index is 2.14. The number of thiophene rings is 1. The van der Waals surface area contributed by atoms with E-state index in [4.69, 9.17) is 0 Å². The van der Waals surface area contributed by atoms with Crippen LogP contribution in [0.3, 0.4) is 0 Å². The van der Waals surface area contributed by atoms with Crippen LogP contribution < -0.4 is 5.32 Å². The molecular formula is C15H20N2S. The molecule has 1 N–H and O–H groups in total. The van der Waals surface area contributed by atoms with Crippen LogP contribution in [0, 0.1) is 6.92 Å². The van der Waals surface area contributed by atoms with Crippen LogP contribution in [0.4, 0.5) is 0 Å². The van der Waals surface area contributed by atoms with E-state index in [0.717, 1.165) is 18.5 Å². The third-order valence-electron chi connectivity index (χ3n) is 3.14. The van der Waals surface area contributed by atoms with Gasteiger partial charge in [-0.2, -0.15) is 0 Å². The van der Waals surface area contributed by atoms with Crippen molar-refractivity contribution in [2.75, 3.05) is 7.05 Å². The Bertz CT molecular complexity index is 505. The number of likely N-dealkylation sites (N-methyl/N-ethyl adjacent to an activating group) is 1. The van der Waals surface area contributed by atoms with Crippen LogP contribution >= 0.6 is 11.3 Å². The summed E-state index contributed by atoms with van der Waals surface area (Å²) in [7, 11) is 2.02. The fourth-order valence-corrected chi connectivity index (χ4v) is 3.10. The number of nitrogens with one attached hydrogen (secondary N) is 1. The topological polar surface area (TPSA) is 24.9 Å². The molecule has 0 amide bonds. The van der Waals surface area contributed by atoms with E-state index in [9.17, 15) is 0 Å². The summed E-state index contributed by atoms with van der Waals surface area (Å²) in [4.78, 5) is 7.16. The summed E-state index contributed by atoms with van der Waals surface area (Å²) in [5.41, 5.74) is 2.39. The maximum Gasteiger partial charge on any atom is 0.0375 e. The van der Waals surface area contributed by atoms with E-state index in [1.165, 1.54) is 15.3 Å². The molecule has 0 saturated carbocycles. The quantitative estimate of drug-likeness (QED) is 0.889. The Labute approximate surface area is 113 Å². The number of rotatable bonds is 5. The number of aryl methyl sites for hydroxylation is 2. The molecule has 0 fully saturated rings. The minimum Gasteiger partial charge on any atom is -0.313 e. The summed E-state index contributed by atoms with van der Waals surface area (Å²) in [5, 5.41) is 3.40. The lowest BCUT2D eigenvalue weighted by Gasteiger charge is -2.16. The summed E-state index contributed by atoms with van der Waals surface area (Å²) in [6.07, 6.45) is 4.06. The van der Waals surface area contributed by atoms with Crippen molar-refractivity contribution in [2.24, 2.45) is 0 Å². The molecule has 1 unspecified atom stereocenters. The van der Waals surface area contributed by atoms with Gasteiger partial charge in [0.15, 0.2) is 0 Å². The summed E-state index contributed by atoms with van der Waals surface area (Å²) in [5.74, 6) is 0. The van der Waals surface area contributed by atoms with Gasteiger partial charge in [-0.15, -0.1) is 11.3 Å². The predicted octanol–water partition coefficient (Wildman–Crippen LogP) is 3.52. The van der Waals surface area contributed by atoms with Gasteiger partial charge in [-0.1, -0.05) is 6.92 Å². The summed E-state index contributed by atoms with van der Waals surface area (Å²) >= 11 is 1.92. The average molecular weight is 260 g/mol. The first kappa shape index (κ1) is 13.2. The number of hydrogen-bond donors (Lipinski definition) is 1. The van der Waals surface area contributed by atoms with Gasteiger partial charge in [-0.3, -0.25) is 4.98 Å². The van der Waals surface area contributed by atoms with Gasteiger partial charge in [-0.25, -0.2) is 0 Å². The van der Waals surface area contributed by atoms with Gasteiger partial charge in [0.05, 0.1) is 0 Å². The summed E-state index contributed by atoms with van der Waals surface area (Å²) < 4.78 is 0. The highest BCUT2D eigenvalue weighted by molar-refractivity contribution is 7.11. The first-order valence-electron chi connectivity index (χ1n) is 6.40. The van der Waals surface area contributed by atoms with Crippen molar-refractivity contribution in [3.63, 3.8) is 0 Å². The molecule has 0 saturated heterocycles. The first-order valence-corrected chi connectivity index (χ1v) is 7.22. The van der Waals surface area contributed by atoms with E-state index in [-0.39, 0.29) is 0 Å². The van der Waals surface area contributed by atoms with Crippen LogP contribution in [0.25, 0.3) is 0 Å². The number of hydrogen-bond acceptors (Lipinski definition) is 3. The van der Waals surface area contributed by atoms with Crippen molar-refractivity contribution in [3.05, 3.63) is 51.5 Å². The van der Waals surface area contributed by atoms with Gasteiger partial charge < -0.3 is 5.32 Å². The van der Waals surface area contributed by atoms with Gasteiger partial charge in [0.25, 0.3) is 0 Å². The van der Waals surface area contributed by atoms with Crippen LogP contribution in [-0.2, 0) is 12.8 Å². The van der Waals surface area contributed by atoms with Crippen LogP contribution in [0.2, 0.25) is 0 Å². The fourth-order valence-electron chi connectivity index (χ4n) is 2.09. The van der Waals surface area contributed by atoms with Crippen molar-refractivity contribution >= 4 is 11.3 Å². The minimum atomic E-state index is 0.370. The van der Waals surface area contributed by atoms with Crippen LogP contribution in [0.15, 0.2) is 30.5 Å². The molecule has 2 rings (SSSR count). The van der Waals surface area contributed by atoms with Gasteiger partial charge >= 0.3 is 0 Å². The highest BCUT2D eigenvalue weighted by atomic mass is 32.1. The maximum atomic E-state index is 4.26. The molecule has 0 aliphatic carbocycles. The van der Waals surface area contributed by atoms with E-state index in [2.05, 4.69) is 41.5 Å². The maximum absolute atomic E-state index is 4.26. The Morgan fingerprint density at radius 2 is 2.06 bits per heavy atom. The smallest absolute Gasteiger partial charge is 0.0375 e. The van der Waals surface area contributed by atoms with E-state index in [1.807, 2.05) is 31.5 Å². The van der Waals surface area contributed by atoms with E-state index in [1.54, 1.807) is 0 Å². The Morgan fingerprint density at radius 1 is 1.28 bits per heavy atom. The monoisotopic (exact) mass is 260 g/mol. The molecule has 1 atom stereocenters. The zero-order chi connectivity index (χ0) is 13.0. The lowest BCUT2D eigenvalue weighted by atomic mass is 10.0. The van der Waals surface area contributed by atoms with Crippen molar-refractivity contribution in [1.82, 2.24) is 10.3 Å². The molecule has 3 heteroatoms. The highest BCUT2D eigenvalue weighted by Gasteiger charge is 2.11. The van der Waals surface area contributed by atoms with Crippen LogP contribution in [-0.4, -0.2) is 12.0 Å². The van der Waals surface area contributed by atoms with Crippen LogP contribution in [0.5, 0.6) is 0 Å². The zero-order valence-corrected chi connectivity index (χ0v) is 12.1. The van der Waals surface area contributed by atoms with Crippen molar-refractivity contribution in [1.29, 1.82) is 0 Å². The number of aromatic nitrogens is 1. The van der Waals surface area contributed by atoms with Gasteiger partial charge in [-0.05, 0) is 50.2 Å². The standard InChI is InChI=1S/C15H20N2S/c1-4-13-5-6-14(18-13)10-15(16-3)12-7-8-17-11(2)9-12/h5-9,15-16H,4,10H2,1-3H3. The first-order chi connectivity index (χ1) is 8.72. The molecule has 2 aromatic rings. The molecule has 96 valence electrons. The number of nitrogens with zero attached hydrogens (tertiary/aromatic N) is 1. The van der Waals surface area contributed by atoms with Crippen LogP contribution in [0.1, 0.15) is 34.0 Å².